The summed E-state index contributed by atoms with van der Waals surface area (Å²) in [5.74, 6) is 1.05. The number of aromatic nitrogens is 3. The lowest BCUT2D eigenvalue weighted by atomic mass is 9.96. The normalized spacial score (nSPS) is 17.3. The molecule has 1 aliphatic carbocycles. The number of anilines is 2. The average Bonchev–Trinajstić information content (AvgIpc) is 3.34. The van der Waals surface area contributed by atoms with Gasteiger partial charge in [-0.1, -0.05) is 12.1 Å². The first-order valence-corrected chi connectivity index (χ1v) is 9.75. The van der Waals surface area contributed by atoms with Crippen LogP contribution in [-0.2, 0) is 17.6 Å². The molecule has 6 nitrogen and oxygen atoms in total. The smallest absolute Gasteiger partial charge is 0.231 e. The van der Waals surface area contributed by atoms with Crippen molar-refractivity contribution in [1.82, 2.24) is 14.6 Å². The molecule has 0 unspecified atom stereocenters. The fourth-order valence-electron chi connectivity index (χ4n) is 4.28. The molecule has 0 spiro atoms. The summed E-state index contributed by atoms with van der Waals surface area (Å²) in [6.45, 7) is 1.63. The van der Waals surface area contributed by atoms with Crippen LogP contribution in [0.25, 0.3) is 5.65 Å². The molecule has 0 bridgehead atoms. The predicted octanol–water partition coefficient (Wildman–Crippen LogP) is 3.07. The van der Waals surface area contributed by atoms with Gasteiger partial charge in [0.15, 0.2) is 5.65 Å². The quantitative estimate of drug-likeness (QED) is 0.779. The zero-order valence-corrected chi connectivity index (χ0v) is 15.3. The Morgan fingerprint density at radius 1 is 1.04 bits per heavy atom. The number of aryl methyl sites for hydroxylation is 2. The molecule has 3 aromatic rings. The van der Waals surface area contributed by atoms with Gasteiger partial charge in [0.25, 0.3) is 0 Å². The van der Waals surface area contributed by atoms with Crippen LogP contribution in [0.2, 0.25) is 0 Å². The van der Waals surface area contributed by atoms with E-state index in [4.69, 9.17) is 0 Å². The van der Waals surface area contributed by atoms with Crippen molar-refractivity contribution in [2.45, 2.75) is 32.1 Å². The van der Waals surface area contributed by atoms with E-state index in [-0.39, 0.29) is 11.8 Å². The molecule has 1 N–H and O–H groups in total. The molecule has 3 heterocycles. The molecular weight excluding hydrogens is 338 g/mol. The number of carbonyl (C=O) groups excluding carboxylic acids is 1. The molecule has 27 heavy (non-hydrogen) atoms. The Morgan fingerprint density at radius 2 is 1.89 bits per heavy atom. The highest BCUT2D eigenvalue weighted by Gasteiger charge is 2.27. The molecule has 6 heteroatoms. The summed E-state index contributed by atoms with van der Waals surface area (Å²) in [5.41, 5.74) is 4.61. The highest BCUT2D eigenvalue weighted by atomic mass is 16.1. The Bertz CT molecular complexity index is 987. The maximum absolute atomic E-state index is 12.7. The van der Waals surface area contributed by atoms with Crippen LogP contribution in [0.3, 0.4) is 0 Å². The van der Waals surface area contributed by atoms with Crippen LogP contribution in [0, 0.1) is 5.92 Å². The largest absolute Gasteiger partial charge is 0.341 e. The van der Waals surface area contributed by atoms with Crippen molar-refractivity contribution in [3.05, 3.63) is 53.7 Å². The molecule has 1 amide bonds. The number of piperidine rings is 1. The SMILES string of the molecule is O=C(Nc1ccc2c(c1)CCC2)C1CCN(c2nnc3ccccn23)CC1. The Hall–Kier alpha value is -2.89. The second-order valence-electron chi connectivity index (χ2n) is 7.52. The first-order chi connectivity index (χ1) is 13.3. The van der Waals surface area contributed by atoms with E-state index in [2.05, 4.69) is 32.5 Å². The highest BCUT2D eigenvalue weighted by Crippen LogP contribution is 2.27. The number of benzene rings is 1. The minimum atomic E-state index is 0.0497. The van der Waals surface area contributed by atoms with E-state index in [1.54, 1.807) is 0 Å². The van der Waals surface area contributed by atoms with Gasteiger partial charge in [0, 0.05) is 30.9 Å². The van der Waals surface area contributed by atoms with Gasteiger partial charge in [0.05, 0.1) is 0 Å². The van der Waals surface area contributed by atoms with Crippen LogP contribution in [0.4, 0.5) is 11.6 Å². The lowest BCUT2D eigenvalue weighted by molar-refractivity contribution is -0.120. The molecule has 1 saturated heterocycles. The molecule has 138 valence electrons. The lowest BCUT2D eigenvalue weighted by Gasteiger charge is -2.31. The van der Waals surface area contributed by atoms with Crippen LogP contribution >= 0.6 is 0 Å². The number of hydrogen-bond donors (Lipinski definition) is 1. The summed E-state index contributed by atoms with van der Waals surface area (Å²) in [5, 5.41) is 11.7. The molecular formula is C21H23N5O. The van der Waals surface area contributed by atoms with Gasteiger partial charge in [-0.25, -0.2) is 0 Å². The van der Waals surface area contributed by atoms with Gasteiger partial charge in [-0.05, 0) is 67.5 Å². The first kappa shape index (κ1) is 16.3. The lowest BCUT2D eigenvalue weighted by Crippen LogP contribution is -2.39. The number of fused-ring (bicyclic) bond motifs is 2. The van der Waals surface area contributed by atoms with E-state index >= 15 is 0 Å². The third-order valence-corrected chi connectivity index (χ3v) is 5.81. The zero-order chi connectivity index (χ0) is 18.2. The van der Waals surface area contributed by atoms with Crippen LogP contribution in [-0.4, -0.2) is 33.6 Å². The maximum Gasteiger partial charge on any atom is 0.231 e. The van der Waals surface area contributed by atoms with E-state index in [1.807, 2.05) is 34.9 Å². The maximum atomic E-state index is 12.7. The van der Waals surface area contributed by atoms with E-state index < -0.39 is 0 Å². The summed E-state index contributed by atoms with van der Waals surface area (Å²) >= 11 is 0. The van der Waals surface area contributed by atoms with Crippen molar-refractivity contribution in [3.8, 4) is 0 Å². The van der Waals surface area contributed by atoms with Gasteiger partial charge in [-0.15, -0.1) is 10.2 Å². The average molecular weight is 361 g/mol. The number of nitrogens with one attached hydrogen (secondary N) is 1. The summed E-state index contributed by atoms with van der Waals surface area (Å²) in [6, 6.07) is 12.3. The Morgan fingerprint density at radius 3 is 2.78 bits per heavy atom. The minimum Gasteiger partial charge on any atom is -0.341 e. The van der Waals surface area contributed by atoms with Gasteiger partial charge < -0.3 is 10.2 Å². The molecule has 1 aliphatic heterocycles. The van der Waals surface area contributed by atoms with Crippen molar-refractivity contribution >= 4 is 23.2 Å². The summed E-state index contributed by atoms with van der Waals surface area (Å²) in [6.07, 6.45) is 7.17. The van der Waals surface area contributed by atoms with E-state index in [0.29, 0.717) is 0 Å². The van der Waals surface area contributed by atoms with Crippen molar-refractivity contribution in [2.24, 2.45) is 5.92 Å². The Labute approximate surface area is 158 Å². The van der Waals surface area contributed by atoms with Gasteiger partial charge in [0.2, 0.25) is 11.9 Å². The van der Waals surface area contributed by atoms with Gasteiger partial charge in [-0.2, -0.15) is 0 Å². The number of carbonyl (C=O) groups is 1. The van der Waals surface area contributed by atoms with Crippen LogP contribution in [0.1, 0.15) is 30.4 Å². The number of nitrogens with zero attached hydrogens (tertiary/aromatic N) is 4. The predicted molar refractivity (Wildman–Crippen MR) is 105 cm³/mol. The fraction of sp³-hybridized carbons (Fsp3) is 0.381. The topological polar surface area (TPSA) is 62.5 Å². The van der Waals surface area contributed by atoms with Crippen molar-refractivity contribution in [1.29, 1.82) is 0 Å². The van der Waals surface area contributed by atoms with E-state index in [0.717, 1.165) is 49.6 Å². The molecule has 0 saturated carbocycles. The van der Waals surface area contributed by atoms with Crippen molar-refractivity contribution < 1.29 is 4.79 Å². The third kappa shape index (κ3) is 3.05. The highest BCUT2D eigenvalue weighted by molar-refractivity contribution is 5.92. The van der Waals surface area contributed by atoms with E-state index in [9.17, 15) is 4.79 Å². The van der Waals surface area contributed by atoms with Crippen LogP contribution in [0.5, 0.6) is 0 Å². The zero-order valence-electron chi connectivity index (χ0n) is 15.3. The summed E-state index contributed by atoms with van der Waals surface area (Å²) < 4.78 is 2.00. The monoisotopic (exact) mass is 361 g/mol. The Balaban J connectivity index is 1.23. The van der Waals surface area contributed by atoms with Crippen LogP contribution < -0.4 is 10.2 Å². The molecule has 1 fully saturated rings. The van der Waals surface area contributed by atoms with Crippen molar-refractivity contribution in [3.63, 3.8) is 0 Å². The molecule has 2 aliphatic rings. The molecule has 1 aromatic carbocycles. The molecule has 0 atom stereocenters. The molecule has 0 radical (unpaired) electrons. The second-order valence-corrected chi connectivity index (χ2v) is 7.52. The first-order valence-electron chi connectivity index (χ1n) is 9.75. The standard InChI is InChI=1S/C21H23N5O/c27-20(22-18-8-7-15-4-3-5-17(15)14-18)16-9-12-25(13-10-16)21-24-23-19-6-1-2-11-26(19)21/h1-2,6-8,11,14,16H,3-5,9-10,12-13H2,(H,22,27). The van der Waals surface area contributed by atoms with Crippen LogP contribution in [0.15, 0.2) is 42.6 Å². The Kier molecular flexibility index (Phi) is 4.03. The van der Waals surface area contributed by atoms with Gasteiger partial charge in [-0.3, -0.25) is 9.20 Å². The van der Waals surface area contributed by atoms with Crippen molar-refractivity contribution in [2.75, 3.05) is 23.3 Å². The van der Waals surface area contributed by atoms with Gasteiger partial charge in [0.1, 0.15) is 0 Å². The number of amides is 1. The number of rotatable bonds is 3. The van der Waals surface area contributed by atoms with E-state index in [1.165, 1.54) is 24.0 Å². The third-order valence-electron chi connectivity index (χ3n) is 5.81. The van der Waals surface area contributed by atoms with Gasteiger partial charge >= 0.3 is 0 Å². The second kappa shape index (κ2) is 6.68. The minimum absolute atomic E-state index is 0.0497. The molecule has 2 aromatic heterocycles. The number of hydrogen-bond acceptors (Lipinski definition) is 4. The molecule has 5 rings (SSSR count). The summed E-state index contributed by atoms with van der Waals surface area (Å²) in [7, 11) is 0. The number of pyridine rings is 1. The fourth-order valence-corrected chi connectivity index (χ4v) is 4.28. The summed E-state index contributed by atoms with van der Waals surface area (Å²) in [4.78, 5) is 14.9.